The second kappa shape index (κ2) is 9.51. The zero-order valence-corrected chi connectivity index (χ0v) is 15.8. The fourth-order valence-corrected chi connectivity index (χ4v) is 3.69. The summed E-state index contributed by atoms with van der Waals surface area (Å²) in [4.78, 5) is 14.5. The number of ether oxygens (including phenoxy) is 1. The number of carbonyl (C=O) groups is 1. The van der Waals surface area contributed by atoms with Crippen molar-refractivity contribution in [1.82, 2.24) is 4.90 Å². The second-order valence-electron chi connectivity index (χ2n) is 7.75. The van der Waals surface area contributed by atoms with Crippen LogP contribution in [0.5, 0.6) is 5.75 Å². The van der Waals surface area contributed by atoms with Gasteiger partial charge in [-0.3, -0.25) is 4.79 Å². The Bertz CT molecular complexity index is 635. The van der Waals surface area contributed by atoms with Gasteiger partial charge in [-0.05, 0) is 62.3 Å². The van der Waals surface area contributed by atoms with Crippen LogP contribution in [0.3, 0.4) is 0 Å². The number of nitrogens with zero attached hydrogens (tertiary/aromatic N) is 1. The van der Waals surface area contributed by atoms with Gasteiger partial charge in [-0.1, -0.05) is 12.8 Å². The summed E-state index contributed by atoms with van der Waals surface area (Å²) in [7, 11) is 0. The van der Waals surface area contributed by atoms with Crippen LogP contribution in [0.15, 0.2) is 18.2 Å². The van der Waals surface area contributed by atoms with Crippen LogP contribution < -0.4 is 4.74 Å². The topological polar surface area (TPSA) is 70.0 Å². The molecule has 0 aromatic heterocycles. The largest absolute Gasteiger partial charge is 0.491 e. The quantitative estimate of drug-likeness (QED) is 0.787. The van der Waals surface area contributed by atoms with Gasteiger partial charge >= 0.3 is 0 Å². The summed E-state index contributed by atoms with van der Waals surface area (Å²) in [5.41, 5.74) is 0.774. The van der Waals surface area contributed by atoms with E-state index in [1.54, 1.807) is 6.07 Å². The third kappa shape index (κ3) is 5.42. The summed E-state index contributed by atoms with van der Waals surface area (Å²) in [6, 6.07) is 4.39. The van der Waals surface area contributed by atoms with E-state index >= 15 is 0 Å². The molecule has 2 N–H and O–H groups in total. The molecule has 0 saturated heterocycles. The molecule has 1 aromatic carbocycles. The lowest BCUT2D eigenvalue weighted by molar-refractivity contribution is -0.138. The van der Waals surface area contributed by atoms with Crippen molar-refractivity contribution in [3.63, 3.8) is 0 Å². The first-order chi connectivity index (χ1) is 13.0. The van der Waals surface area contributed by atoms with E-state index in [0.29, 0.717) is 31.7 Å². The molecule has 150 valence electrons. The number of aliphatic hydroxyl groups excluding tert-OH is 2. The molecule has 6 heteroatoms. The summed E-state index contributed by atoms with van der Waals surface area (Å²) in [5.74, 6) is 0.556. The molecule has 0 bridgehead atoms. The van der Waals surface area contributed by atoms with Gasteiger partial charge in [0.2, 0.25) is 5.91 Å². The molecule has 1 aliphatic carbocycles. The predicted molar refractivity (Wildman–Crippen MR) is 100 cm³/mol. The number of hydrogen-bond acceptors (Lipinski definition) is 4. The molecule has 1 saturated carbocycles. The number of amides is 1. The average molecular weight is 379 g/mol. The number of aryl methyl sites for hydroxylation is 1. The molecule has 1 aromatic rings. The van der Waals surface area contributed by atoms with Crippen LogP contribution in [0.1, 0.15) is 50.5 Å². The highest BCUT2D eigenvalue weighted by molar-refractivity contribution is 5.79. The van der Waals surface area contributed by atoms with Gasteiger partial charge in [-0.15, -0.1) is 0 Å². The summed E-state index contributed by atoms with van der Waals surface area (Å²) in [5, 5.41) is 20.5. The minimum atomic E-state index is -1.05. The van der Waals surface area contributed by atoms with Gasteiger partial charge in [0.05, 0.1) is 6.10 Å². The smallest absolute Gasteiger partial charge is 0.225 e. The fourth-order valence-electron chi connectivity index (χ4n) is 3.69. The minimum absolute atomic E-state index is 0.0592. The first-order valence-corrected chi connectivity index (χ1v) is 10.1. The Hall–Kier alpha value is -1.66. The number of benzene rings is 1. The predicted octanol–water partition coefficient (Wildman–Crippen LogP) is 2.67. The lowest BCUT2D eigenvalue weighted by atomic mass is 9.84. The molecule has 2 atom stereocenters. The highest BCUT2D eigenvalue weighted by Gasteiger charge is 2.30. The highest BCUT2D eigenvalue weighted by atomic mass is 19.1. The fraction of sp³-hybridized carbons (Fsp3) is 0.667. The first kappa shape index (κ1) is 20.1. The maximum Gasteiger partial charge on any atom is 0.225 e. The SMILES string of the molecule is O=C(C1CCC1)N1CCCCCc2cc(F)ccc2OC[C@@H](O)[C@@H](O)CC1. The van der Waals surface area contributed by atoms with E-state index < -0.39 is 12.2 Å². The Morgan fingerprint density at radius 2 is 1.85 bits per heavy atom. The van der Waals surface area contributed by atoms with Crippen LogP contribution in [-0.4, -0.2) is 52.9 Å². The van der Waals surface area contributed by atoms with Gasteiger partial charge in [0.1, 0.15) is 24.3 Å². The molecule has 27 heavy (non-hydrogen) atoms. The average Bonchev–Trinajstić information content (AvgIpc) is 2.60. The number of aliphatic hydroxyl groups is 2. The first-order valence-electron chi connectivity index (χ1n) is 10.1. The van der Waals surface area contributed by atoms with Crippen LogP contribution >= 0.6 is 0 Å². The van der Waals surface area contributed by atoms with Gasteiger partial charge in [0.15, 0.2) is 0 Å². The summed E-state index contributed by atoms with van der Waals surface area (Å²) in [6.07, 6.45) is 4.71. The van der Waals surface area contributed by atoms with Crippen molar-refractivity contribution in [2.45, 2.75) is 63.6 Å². The Balaban J connectivity index is 1.67. The van der Waals surface area contributed by atoms with E-state index in [2.05, 4.69) is 0 Å². The van der Waals surface area contributed by atoms with Crippen LogP contribution in [0, 0.1) is 11.7 Å². The van der Waals surface area contributed by atoms with Gasteiger partial charge in [0, 0.05) is 19.0 Å². The van der Waals surface area contributed by atoms with E-state index in [-0.39, 0.29) is 24.2 Å². The normalized spacial score (nSPS) is 25.7. The van der Waals surface area contributed by atoms with Crippen LogP contribution in [0.25, 0.3) is 0 Å². The van der Waals surface area contributed by atoms with Crippen molar-refractivity contribution in [3.05, 3.63) is 29.6 Å². The van der Waals surface area contributed by atoms with E-state index in [0.717, 1.165) is 44.1 Å². The lowest BCUT2D eigenvalue weighted by Gasteiger charge is -2.32. The number of hydrogen-bond donors (Lipinski definition) is 2. The zero-order valence-electron chi connectivity index (χ0n) is 15.8. The number of halogens is 1. The molecular weight excluding hydrogens is 349 g/mol. The van der Waals surface area contributed by atoms with Crippen molar-refractivity contribution in [2.75, 3.05) is 19.7 Å². The molecular formula is C21H30FNO4. The molecule has 1 aliphatic heterocycles. The summed E-state index contributed by atoms with van der Waals surface area (Å²) < 4.78 is 19.2. The lowest BCUT2D eigenvalue weighted by Crippen LogP contribution is -2.42. The highest BCUT2D eigenvalue weighted by Crippen LogP contribution is 2.29. The van der Waals surface area contributed by atoms with Crippen molar-refractivity contribution < 1.29 is 24.1 Å². The number of rotatable bonds is 1. The summed E-state index contributed by atoms with van der Waals surface area (Å²) >= 11 is 0. The maximum absolute atomic E-state index is 13.6. The van der Waals surface area contributed by atoms with Crippen molar-refractivity contribution in [1.29, 1.82) is 0 Å². The van der Waals surface area contributed by atoms with Gasteiger partial charge in [0.25, 0.3) is 0 Å². The molecule has 5 nitrogen and oxygen atoms in total. The monoisotopic (exact) mass is 379 g/mol. The van der Waals surface area contributed by atoms with E-state index in [9.17, 15) is 19.4 Å². The van der Waals surface area contributed by atoms with Gasteiger partial charge < -0.3 is 19.8 Å². The van der Waals surface area contributed by atoms with Gasteiger partial charge in [-0.2, -0.15) is 0 Å². The molecule has 2 aliphatic rings. The van der Waals surface area contributed by atoms with E-state index in [4.69, 9.17) is 4.74 Å². The van der Waals surface area contributed by atoms with E-state index in [1.807, 2.05) is 4.90 Å². The molecule has 3 rings (SSSR count). The van der Waals surface area contributed by atoms with Crippen LogP contribution in [0.2, 0.25) is 0 Å². The van der Waals surface area contributed by atoms with Crippen molar-refractivity contribution >= 4 is 5.91 Å². The maximum atomic E-state index is 13.6. The van der Waals surface area contributed by atoms with Crippen LogP contribution in [-0.2, 0) is 11.2 Å². The standard InChI is InChI=1S/C21H30FNO4/c22-17-8-9-20-16(13-17)5-2-1-3-11-23(21(26)15-6-4-7-15)12-10-18(24)19(25)14-27-20/h8-9,13,15,18-19,24-25H,1-7,10-12,14H2/t18-,19+/m0/s1. The molecule has 1 fully saturated rings. The van der Waals surface area contributed by atoms with E-state index in [1.165, 1.54) is 12.1 Å². The Labute approximate surface area is 160 Å². The zero-order chi connectivity index (χ0) is 19.2. The second-order valence-corrected chi connectivity index (χ2v) is 7.75. The molecule has 0 spiro atoms. The van der Waals surface area contributed by atoms with Gasteiger partial charge in [-0.25, -0.2) is 4.39 Å². The molecule has 0 unspecified atom stereocenters. The number of carbonyl (C=O) groups excluding carboxylic acids is 1. The molecule has 1 amide bonds. The number of fused-ring (bicyclic) bond motifs is 1. The third-order valence-corrected chi connectivity index (χ3v) is 5.71. The molecule has 0 radical (unpaired) electrons. The summed E-state index contributed by atoms with van der Waals surface area (Å²) in [6.45, 7) is 1.07. The third-order valence-electron chi connectivity index (χ3n) is 5.71. The Morgan fingerprint density at radius 3 is 2.59 bits per heavy atom. The van der Waals surface area contributed by atoms with Crippen molar-refractivity contribution in [2.24, 2.45) is 5.92 Å². The minimum Gasteiger partial charge on any atom is -0.491 e. The van der Waals surface area contributed by atoms with Crippen molar-refractivity contribution in [3.8, 4) is 5.75 Å². The van der Waals surface area contributed by atoms with Crippen LogP contribution in [0.4, 0.5) is 4.39 Å². The molecule has 1 heterocycles. The Kier molecular flexibility index (Phi) is 7.07. The Morgan fingerprint density at radius 1 is 1.04 bits per heavy atom.